The molecule has 0 spiro atoms. The van der Waals surface area contributed by atoms with E-state index in [9.17, 15) is 8.78 Å². The van der Waals surface area contributed by atoms with Crippen molar-refractivity contribution in [2.75, 3.05) is 13.1 Å². The average molecular weight is 387 g/mol. The zero-order valence-corrected chi connectivity index (χ0v) is 16.3. The SMILES string of the molecule is Cc1cn(C23CC(N4CCC(F)(F)CC4)(C2)C3)c(COCc2ccccc2)n1. The number of ether oxygens (including phenoxy) is 1. The molecule has 150 valence electrons. The second-order valence-corrected chi connectivity index (χ2v) is 8.97. The van der Waals surface area contributed by atoms with Crippen LogP contribution in [-0.2, 0) is 23.5 Å². The van der Waals surface area contributed by atoms with Gasteiger partial charge in [0.2, 0.25) is 0 Å². The summed E-state index contributed by atoms with van der Waals surface area (Å²) >= 11 is 0. The summed E-state index contributed by atoms with van der Waals surface area (Å²) in [6.45, 7) is 4.14. The normalized spacial score (nSPS) is 31.2. The summed E-state index contributed by atoms with van der Waals surface area (Å²) in [5.41, 5.74) is 2.43. The number of likely N-dealkylation sites (tertiary alicyclic amines) is 1. The number of benzene rings is 1. The molecule has 0 unspecified atom stereocenters. The molecule has 1 aromatic heterocycles. The topological polar surface area (TPSA) is 30.3 Å². The minimum atomic E-state index is -2.47. The maximum Gasteiger partial charge on any atom is 0.250 e. The highest BCUT2D eigenvalue weighted by molar-refractivity contribution is 5.29. The summed E-state index contributed by atoms with van der Waals surface area (Å²) in [4.78, 5) is 7.01. The zero-order valence-electron chi connectivity index (χ0n) is 16.3. The van der Waals surface area contributed by atoms with Crippen LogP contribution >= 0.6 is 0 Å². The molecule has 6 heteroatoms. The van der Waals surface area contributed by atoms with E-state index < -0.39 is 5.92 Å². The highest BCUT2D eigenvalue weighted by Crippen LogP contribution is 2.68. The van der Waals surface area contributed by atoms with Gasteiger partial charge in [-0.15, -0.1) is 0 Å². The van der Waals surface area contributed by atoms with E-state index in [0.717, 1.165) is 36.3 Å². The van der Waals surface area contributed by atoms with Gasteiger partial charge in [-0.05, 0) is 31.7 Å². The van der Waals surface area contributed by atoms with Crippen molar-refractivity contribution in [2.45, 2.75) is 69.2 Å². The Bertz CT molecular complexity index is 834. The first-order valence-electron chi connectivity index (χ1n) is 10.2. The molecule has 0 radical (unpaired) electrons. The van der Waals surface area contributed by atoms with Gasteiger partial charge in [-0.2, -0.15) is 0 Å². The molecule has 2 bridgehead atoms. The molecule has 0 amide bonds. The fourth-order valence-electron chi connectivity index (χ4n) is 5.48. The van der Waals surface area contributed by atoms with E-state index in [1.807, 2.05) is 25.1 Å². The highest BCUT2D eigenvalue weighted by atomic mass is 19.3. The van der Waals surface area contributed by atoms with Crippen molar-refractivity contribution < 1.29 is 13.5 Å². The van der Waals surface area contributed by atoms with Gasteiger partial charge in [-0.1, -0.05) is 30.3 Å². The molecule has 2 aromatic rings. The lowest BCUT2D eigenvalue weighted by atomic mass is 9.43. The lowest BCUT2D eigenvalue weighted by Crippen LogP contribution is -2.79. The highest BCUT2D eigenvalue weighted by Gasteiger charge is 2.71. The van der Waals surface area contributed by atoms with Crippen LogP contribution in [-0.4, -0.2) is 39.0 Å². The second kappa shape index (κ2) is 6.36. The molecule has 28 heavy (non-hydrogen) atoms. The Morgan fingerprint density at radius 1 is 1.00 bits per heavy atom. The molecule has 0 N–H and O–H groups in total. The van der Waals surface area contributed by atoms with Crippen LogP contribution in [0, 0.1) is 6.92 Å². The van der Waals surface area contributed by atoms with E-state index >= 15 is 0 Å². The van der Waals surface area contributed by atoms with Crippen molar-refractivity contribution in [3.8, 4) is 0 Å². The largest absolute Gasteiger partial charge is 0.369 e. The van der Waals surface area contributed by atoms with Crippen molar-refractivity contribution in [1.29, 1.82) is 0 Å². The fraction of sp³-hybridized carbons (Fsp3) is 0.591. The molecular formula is C22H27F2N3O. The van der Waals surface area contributed by atoms with E-state index in [-0.39, 0.29) is 23.9 Å². The first kappa shape index (κ1) is 18.3. The minimum absolute atomic E-state index is 0.00447. The standard InChI is InChI=1S/C22H27F2N3O/c1-17-11-27(19(25-17)13-28-12-18-5-3-2-4-6-18)21-14-20(15-21,16-21)26-9-7-22(23,24)8-10-26/h2-6,11H,7-10,12-16H2,1H3. The summed E-state index contributed by atoms with van der Waals surface area (Å²) in [5, 5.41) is 0. The van der Waals surface area contributed by atoms with Crippen LogP contribution in [0.4, 0.5) is 8.78 Å². The molecule has 0 atom stereocenters. The molecule has 1 saturated heterocycles. The molecule has 4 aliphatic rings. The van der Waals surface area contributed by atoms with E-state index in [0.29, 0.717) is 26.3 Å². The van der Waals surface area contributed by atoms with Crippen molar-refractivity contribution >= 4 is 0 Å². The van der Waals surface area contributed by atoms with Gasteiger partial charge >= 0.3 is 0 Å². The quantitative estimate of drug-likeness (QED) is 0.742. The van der Waals surface area contributed by atoms with Crippen LogP contribution < -0.4 is 0 Å². The Hall–Kier alpha value is -1.79. The predicted octanol–water partition coefficient (Wildman–Crippen LogP) is 4.27. The molecule has 4 fully saturated rings. The van der Waals surface area contributed by atoms with Crippen LogP contribution in [0.15, 0.2) is 36.5 Å². The first-order valence-corrected chi connectivity index (χ1v) is 10.2. The third kappa shape index (κ3) is 2.98. The summed E-state index contributed by atoms with van der Waals surface area (Å²) in [5.74, 6) is -1.49. The maximum absolute atomic E-state index is 13.5. The number of nitrogens with zero attached hydrogens (tertiary/aromatic N) is 3. The van der Waals surface area contributed by atoms with Crippen molar-refractivity contribution in [2.24, 2.45) is 0 Å². The maximum atomic E-state index is 13.5. The number of alkyl halides is 2. The van der Waals surface area contributed by atoms with E-state index in [1.165, 1.54) is 0 Å². The number of rotatable bonds is 6. The third-order valence-corrected chi connectivity index (χ3v) is 6.89. The molecule has 2 heterocycles. The van der Waals surface area contributed by atoms with E-state index in [1.54, 1.807) is 0 Å². The lowest BCUT2D eigenvalue weighted by Gasteiger charge is -2.74. The Kier molecular flexibility index (Phi) is 4.14. The van der Waals surface area contributed by atoms with Crippen molar-refractivity contribution in [3.05, 3.63) is 53.6 Å². The smallest absolute Gasteiger partial charge is 0.250 e. The number of imidazole rings is 1. The van der Waals surface area contributed by atoms with Crippen LogP contribution in [0.25, 0.3) is 0 Å². The molecule has 1 aromatic carbocycles. The Balaban J connectivity index is 1.22. The number of halogens is 2. The third-order valence-electron chi connectivity index (χ3n) is 6.89. The fourth-order valence-corrected chi connectivity index (χ4v) is 5.48. The van der Waals surface area contributed by atoms with Crippen LogP contribution in [0.5, 0.6) is 0 Å². The zero-order chi connectivity index (χ0) is 19.4. The van der Waals surface area contributed by atoms with Gasteiger partial charge in [0.05, 0.1) is 17.8 Å². The molecule has 1 aliphatic heterocycles. The van der Waals surface area contributed by atoms with Gasteiger partial charge in [0.1, 0.15) is 12.4 Å². The summed E-state index contributed by atoms with van der Waals surface area (Å²) in [6.07, 6.45) is 5.29. The molecule has 3 saturated carbocycles. The van der Waals surface area contributed by atoms with Gasteiger partial charge in [0.25, 0.3) is 5.92 Å². The summed E-state index contributed by atoms with van der Waals surface area (Å²) < 4.78 is 35.2. The van der Waals surface area contributed by atoms with Crippen LogP contribution in [0.2, 0.25) is 0 Å². The van der Waals surface area contributed by atoms with E-state index in [4.69, 9.17) is 9.72 Å². The van der Waals surface area contributed by atoms with Crippen molar-refractivity contribution in [1.82, 2.24) is 14.5 Å². The van der Waals surface area contributed by atoms with Crippen molar-refractivity contribution in [3.63, 3.8) is 0 Å². The monoisotopic (exact) mass is 387 g/mol. The summed E-state index contributed by atoms with van der Waals surface area (Å²) in [6, 6.07) is 10.2. The Morgan fingerprint density at radius 2 is 1.68 bits per heavy atom. The van der Waals surface area contributed by atoms with Gasteiger partial charge < -0.3 is 9.30 Å². The number of aromatic nitrogens is 2. The Labute approximate surface area is 164 Å². The van der Waals surface area contributed by atoms with E-state index in [2.05, 4.69) is 27.8 Å². The Morgan fingerprint density at radius 3 is 2.36 bits per heavy atom. The second-order valence-electron chi connectivity index (χ2n) is 8.97. The van der Waals surface area contributed by atoms with Gasteiger partial charge in [-0.3, -0.25) is 4.90 Å². The minimum Gasteiger partial charge on any atom is -0.369 e. The number of piperidine rings is 1. The average Bonchev–Trinajstić information content (AvgIpc) is 2.95. The van der Waals surface area contributed by atoms with Gasteiger partial charge in [0.15, 0.2) is 0 Å². The predicted molar refractivity (Wildman–Crippen MR) is 102 cm³/mol. The summed E-state index contributed by atoms with van der Waals surface area (Å²) in [7, 11) is 0. The molecule has 3 aliphatic carbocycles. The van der Waals surface area contributed by atoms with Gasteiger partial charge in [-0.25, -0.2) is 13.8 Å². The molecular weight excluding hydrogens is 360 g/mol. The number of hydrogen-bond acceptors (Lipinski definition) is 3. The van der Waals surface area contributed by atoms with Crippen LogP contribution in [0.1, 0.15) is 49.2 Å². The molecule has 6 rings (SSSR count). The van der Waals surface area contributed by atoms with Crippen LogP contribution in [0.3, 0.4) is 0 Å². The lowest BCUT2D eigenvalue weighted by molar-refractivity contribution is -0.224. The molecule has 4 nitrogen and oxygen atoms in total. The number of hydrogen-bond donors (Lipinski definition) is 0. The number of aryl methyl sites for hydroxylation is 1. The first-order chi connectivity index (χ1) is 13.4. The van der Waals surface area contributed by atoms with Gasteiger partial charge in [0, 0.05) is 37.7 Å².